The number of para-hydroxylation sites is 2. The van der Waals surface area contributed by atoms with Crippen molar-refractivity contribution >= 4 is 163 Å². The quantitative estimate of drug-likeness (QED) is 0.0165. The number of guanidine groups is 1. The molecule has 3 aromatic carbocycles. The van der Waals surface area contributed by atoms with Gasteiger partial charge >= 0.3 is 0 Å². The number of unbranched alkanes of at least 4 members (excludes halogenated alkanes) is 2. The highest BCUT2D eigenvalue weighted by molar-refractivity contribution is 8.00. The lowest BCUT2D eigenvalue weighted by Crippen LogP contribution is -2.62. The smallest absolute Gasteiger partial charge is 0.246 e. The van der Waals surface area contributed by atoms with Gasteiger partial charge < -0.3 is 126 Å². The standard InChI is InChI=1S/C88H125Cl2N23O19S/c1-9-11-24-67-80(125)101-58(23-17-29-96-88(94)95)76(121)108-66(75(120)99-41-72(93)117)44-133-45-73(118)100-61(32-48-27-28-51(89)35-55(48)90)83(128)109(6)47(5)74(119)103-63(37-71(92)116)85(130)112-30-18-26-68(112)81(126)106-64(38-91)78(123)104-60(31-46(3)4)86(131)113-42-52(115)36-70(113)82(127)102-59(33-49-39-97-56-21-15-13-19-53(49)56)77(122)107-65(43-114)79(124)105-62(34-50-40-98-57-22-16-14-20-54(50)57)84(129)111(8)69(25-12-10-2)87(132)110(67)7/h13-16,19-22,27-28,35,39-40,46-47,52,58-70,97-98,114-115H,9-12,17-18,23-26,29-34,36-38,41-45,91H2,1-8H3,(H2,92,116)(H2,93,117)(H,99,120)(H,100,118)(H,101,125)(H,102,127)(H,103,119)(H,104,123)(H,105,124)(H,106,126)(H,107,122)(H,108,121)(H4,94,95,96)/t47-,52+,58-,59-,60-,61-,62-,63+,64-,65-,66-,67-,68-,69-,70-/m0/s1. The number of aromatic amines is 2. The van der Waals surface area contributed by atoms with Crippen LogP contribution in [0.15, 0.2) is 79.1 Å². The molecule has 3 saturated heterocycles. The zero-order valence-electron chi connectivity index (χ0n) is 75.8. The van der Waals surface area contributed by atoms with Crippen molar-refractivity contribution in [1.29, 1.82) is 5.41 Å². The van der Waals surface area contributed by atoms with Gasteiger partial charge in [0, 0.05) is 123 Å². The molecule has 0 saturated carbocycles. The maximum atomic E-state index is 15.7. The van der Waals surface area contributed by atoms with E-state index in [4.69, 9.17) is 51.5 Å². The molecule has 2 aromatic heterocycles. The predicted molar refractivity (Wildman–Crippen MR) is 495 cm³/mol. The molecule has 3 fully saturated rings. The number of H-pyrrole nitrogens is 2. The number of thioether (sulfide) groups is 1. The molecule has 24 N–H and O–H groups in total. The van der Waals surface area contributed by atoms with E-state index in [9.17, 15) is 58.2 Å². The monoisotopic (exact) mass is 1910 g/mol. The summed E-state index contributed by atoms with van der Waals surface area (Å²) in [4.78, 5) is 260. The number of amides is 17. The Bertz CT molecular complexity index is 5040. The van der Waals surface area contributed by atoms with Crippen LogP contribution in [0.25, 0.3) is 21.8 Å². The number of aromatic nitrogens is 2. The van der Waals surface area contributed by atoms with Crippen LogP contribution in [0.1, 0.15) is 135 Å². The van der Waals surface area contributed by atoms with Crippen LogP contribution in [0.3, 0.4) is 0 Å². The Balaban J connectivity index is 1.19. The Morgan fingerprint density at radius 2 is 1.08 bits per heavy atom. The van der Waals surface area contributed by atoms with Crippen LogP contribution < -0.4 is 81.4 Å². The van der Waals surface area contributed by atoms with Crippen LogP contribution in [0.2, 0.25) is 10.0 Å². The zero-order valence-corrected chi connectivity index (χ0v) is 78.1. The molecule has 0 bridgehead atoms. The molecule has 133 heavy (non-hydrogen) atoms. The third-order valence-electron chi connectivity index (χ3n) is 23.6. The van der Waals surface area contributed by atoms with Crippen LogP contribution in [0, 0.1) is 11.3 Å². The molecular formula is C88H125Cl2N23O19S. The largest absolute Gasteiger partial charge is 0.394 e. The van der Waals surface area contributed by atoms with E-state index in [1.165, 1.54) is 46.3 Å². The number of hydrogen-bond donors (Lipinski definition) is 20. The minimum atomic E-state index is -1.89. The molecule has 0 radical (unpaired) electrons. The Morgan fingerprint density at radius 1 is 0.556 bits per heavy atom. The number of nitrogens with one attached hydrogen (secondary N) is 14. The van der Waals surface area contributed by atoms with Crippen LogP contribution in [-0.2, 0) is 101 Å². The Kier molecular flexibility index (Phi) is 40.4. The van der Waals surface area contributed by atoms with Crippen LogP contribution in [-0.4, -0.2) is 314 Å². The molecule has 17 amide bonds. The number of hydrogen-bond acceptors (Lipinski definition) is 22. The van der Waals surface area contributed by atoms with Gasteiger partial charge in [0.1, 0.15) is 84.6 Å². The van der Waals surface area contributed by atoms with E-state index in [0.717, 1.165) is 36.3 Å². The number of fused-ring (bicyclic) bond motifs is 4. The summed E-state index contributed by atoms with van der Waals surface area (Å²) in [5, 5.41) is 60.6. The second-order valence-corrected chi connectivity index (χ2v) is 35.9. The number of halogens is 2. The fraction of sp³-hybridized carbons (Fsp3) is 0.545. The average Bonchev–Trinajstić information content (AvgIpc) is 1.74. The molecule has 5 heterocycles. The fourth-order valence-electron chi connectivity index (χ4n) is 16.2. The van der Waals surface area contributed by atoms with E-state index in [1.54, 1.807) is 74.8 Å². The van der Waals surface area contributed by atoms with Gasteiger partial charge in [0.2, 0.25) is 100 Å². The Hall–Kier alpha value is -12.2. The van der Waals surface area contributed by atoms with Gasteiger partial charge in [-0.3, -0.25) is 86.9 Å². The summed E-state index contributed by atoms with van der Waals surface area (Å²) in [7, 11) is 3.88. The third kappa shape index (κ3) is 29.7. The molecule has 726 valence electrons. The van der Waals surface area contributed by atoms with Crippen molar-refractivity contribution in [2.45, 2.75) is 228 Å². The number of primary amides is 2. The number of nitrogens with zero attached hydrogens (tertiary/aromatic N) is 5. The molecule has 0 unspecified atom stereocenters. The highest BCUT2D eigenvalue weighted by Crippen LogP contribution is 2.29. The molecule has 0 aliphatic carbocycles. The Labute approximate surface area is 783 Å². The molecule has 5 aromatic rings. The normalized spacial score (nSPS) is 25.0. The van der Waals surface area contributed by atoms with Gasteiger partial charge in [-0.1, -0.05) is 119 Å². The first-order chi connectivity index (χ1) is 63.2. The summed E-state index contributed by atoms with van der Waals surface area (Å²) in [5.41, 5.74) is 25.5. The van der Waals surface area contributed by atoms with Crippen molar-refractivity contribution in [1.82, 2.24) is 93.0 Å². The Morgan fingerprint density at radius 3 is 1.68 bits per heavy atom. The number of aliphatic hydroxyl groups excluding tert-OH is 2. The maximum absolute atomic E-state index is 15.7. The van der Waals surface area contributed by atoms with Gasteiger partial charge in [-0.05, 0) is 98.7 Å². The van der Waals surface area contributed by atoms with Crippen molar-refractivity contribution in [3.8, 4) is 0 Å². The van der Waals surface area contributed by atoms with E-state index >= 15 is 33.6 Å². The lowest BCUT2D eigenvalue weighted by molar-refractivity contribution is -0.149. The lowest BCUT2D eigenvalue weighted by atomic mass is 10.00. The fourth-order valence-corrected chi connectivity index (χ4v) is 17.6. The van der Waals surface area contributed by atoms with Crippen molar-refractivity contribution in [3.05, 3.63) is 106 Å². The molecule has 8 rings (SSSR count). The van der Waals surface area contributed by atoms with Gasteiger partial charge in [-0.25, -0.2) is 0 Å². The summed E-state index contributed by atoms with van der Waals surface area (Å²) < 4.78 is 0. The van der Waals surface area contributed by atoms with Gasteiger partial charge in [-0.2, -0.15) is 0 Å². The summed E-state index contributed by atoms with van der Waals surface area (Å²) in [5.74, 6) is -18.1. The molecule has 3 aliphatic heterocycles. The summed E-state index contributed by atoms with van der Waals surface area (Å²) in [6.45, 7) is 5.36. The van der Waals surface area contributed by atoms with Crippen LogP contribution >= 0.6 is 35.0 Å². The molecule has 3 aliphatic rings. The van der Waals surface area contributed by atoms with Crippen molar-refractivity contribution < 1.29 is 91.7 Å². The van der Waals surface area contributed by atoms with Gasteiger partial charge in [0.25, 0.3) is 0 Å². The molecular weight excluding hydrogens is 1790 g/mol. The molecule has 0 spiro atoms. The van der Waals surface area contributed by atoms with E-state index in [1.807, 2.05) is 13.8 Å². The van der Waals surface area contributed by atoms with Crippen molar-refractivity contribution in [2.24, 2.45) is 28.9 Å². The predicted octanol–water partition coefficient (Wildman–Crippen LogP) is -2.33. The summed E-state index contributed by atoms with van der Waals surface area (Å²) >= 11 is 13.7. The maximum Gasteiger partial charge on any atom is 0.246 e. The van der Waals surface area contributed by atoms with Crippen molar-refractivity contribution in [2.75, 3.05) is 72.0 Å². The van der Waals surface area contributed by atoms with E-state index < -0.39 is 248 Å². The van der Waals surface area contributed by atoms with Gasteiger partial charge in [0.05, 0.1) is 31.4 Å². The summed E-state index contributed by atoms with van der Waals surface area (Å²) in [6, 6.07) is -3.65. The SMILES string of the molecule is CCCC[C@H]1C(=O)N(C)[C@@H](CCCC)C(=O)N[C@@H](CCCNC(=N)N)C(=O)N[C@H](C(=O)NCC(N)=O)CSCC(=O)N[C@@H](Cc2ccc(Cl)cc2Cl)C(=O)N(C)[C@@H](C)C(=O)N[C@H](CC(N)=O)C(=O)N2CCC[C@H]2C(=O)N[C@@H](CN)C(=O)N[C@@H](CC(C)C)C(=O)N2C[C@H](O)C[C@H]2C(=O)N[C@@H](Cc2c[nH]c3ccccc23)C(=O)N[C@@H](CO)C(=O)N[C@@H](Cc2c[nH]c3ccccc23)C(=O)N1C. The van der Waals surface area contributed by atoms with Gasteiger partial charge in [0.15, 0.2) is 5.96 Å². The number of nitrogens with two attached hydrogens (primary N) is 4. The second kappa shape index (κ2) is 50.6. The molecule has 15 atom stereocenters. The minimum Gasteiger partial charge on any atom is -0.394 e. The number of rotatable bonds is 25. The van der Waals surface area contributed by atoms with E-state index in [0.29, 0.717) is 58.6 Å². The lowest BCUT2D eigenvalue weighted by Gasteiger charge is -2.36. The van der Waals surface area contributed by atoms with Crippen LogP contribution in [0.5, 0.6) is 0 Å². The number of carbonyl (C=O) groups is 17. The topological polar surface area (TPSA) is 639 Å². The van der Waals surface area contributed by atoms with E-state index in [2.05, 4.69) is 68.5 Å². The minimum absolute atomic E-state index is 0.0132. The third-order valence-corrected chi connectivity index (χ3v) is 25.3. The number of aliphatic hydroxyl groups is 2. The van der Waals surface area contributed by atoms with Gasteiger partial charge in [-0.15, -0.1) is 11.8 Å². The molecule has 42 nitrogen and oxygen atoms in total. The zero-order chi connectivity index (χ0) is 97.8. The molecule has 45 heteroatoms. The van der Waals surface area contributed by atoms with E-state index in [-0.39, 0.29) is 98.8 Å². The number of likely N-dealkylation sites (N-methyl/N-ethyl adjacent to an activating group) is 3. The highest BCUT2D eigenvalue weighted by atomic mass is 35.5. The van der Waals surface area contributed by atoms with Crippen LogP contribution in [0.4, 0.5) is 0 Å². The number of carbonyl (C=O) groups excluding carboxylic acids is 17. The first-order valence-corrected chi connectivity index (χ1v) is 46.3. The average molecular weight is 1910 g/mol. The first-order valence-electron chi connectivity index (χ1n) is 44.4. The number of benzene rings is 3. The first kappa shape index (κ1) is 106. The van der Waals surface area contributed by atoms with Crippen molar-refractivity contribution in [3.63, 3.8) is 0 Å². The highest BCUT2D eigenvalue weighted by Gasteiger charge is 2.47. The second-order valence-electron chi connectivity index (χ2n) is 34.0. The summed E-state index contributed by atoms with van der Waals surface area (Å²) in [6.07, 6.45) is 1.16.